The molecule has 0 heterocycles. The van der Waals surface area contributed by atoms with Crippen LogP contribution in [0.3, 0.4) is 0 Å². The molecule has 0 spiro atoms. The summed E-state index contributed by atoms with van der Waals surface area (Å²) >= 11 is 3.53. The van der Waals surface area contributed by atoms with Crippen LogP contribution in [0.2, 0.25) is 0 Å². The van der Waals surface area contributed by atoms with Crippen molar-refractivity contribution in [2.75, 3.05) is 7.11 Å². The minimum atomic E-state index is 0.669. The molecular weight excluding hydrogens is 302 g/mol. The Bertz CT molecular complexity index is 408. The first-order valence-electron chi connectivity index (χ1n) is 7.30. The van der Waals surface area contributed by atoms with Crippen molar-refractivity contribution in [2.24, 2.45) is 5.92 Å². The Morgan fingerprint density at radius 2 is 2.11 bits per heavy atom. The molecule has 0 aromatic heterocycles. The predicted molar refractivity (Wildman–Crippen MR) is 83.6 cm³/mol. The van der Waals surface area contributed by atoms with Crippen molar-refractivity contribution < 1.29 is 4.74 Å². The molecule has 3 heteroatoms. The van der Waals surface area contributed by atoms with Gasteiger partial charge in [-0.25, -0.2) is 0 Å². The van der Waals surface area contributed by atoms with Gasteiger partial charge in [-0.1, -0.05) is 42.1 Å². The molecule has 0 amide bonds. The summed E-state index contributed by atoms with van der Waals surface area (Å²) in [6.45, 7) is 3.20. The average molecular weight is 326 g/mol. The summed E-state index contributed by atoms with van der Waals surface area (Å²) < 4.78 is 6.54. The standard InChI is InChI=1S/C16H24BrNO/c1-3-12-6-4-5-7-15(12)18-11-13-10-14(17)8-9-16(13)19-2/h8-10,12,15,18H,3-7,11H2,1-2H3. The van der Waals surface area contributed by atoms with Crippen LogP contribution in [-0.4, -0.2) is 13.2 Å². The van der Waals surface area contributed by atoms with Crippen LogP contribution in [0, 0.1) is 5.92 Å². The fourth-order valence-corrected chi connectivity index (χ4v) is 3.50. The number of nitrogens with one attached hydrogen (secondary N) is 1. The zero-order valence-corrected chi connectivity index (χ0v) is 13.5. The molecule has 1 aromatic carbocycles. The molecular formula is C16H24BrNO. The van der Waals surface area contributed by atoms with E-state index in [-0.39, 0.29) is 0 Å². The highest BCUT2D eigenvalue weighted by Gasteiger charge is 2.23. The van der Waals surface area contributed by atoms with Gasteiger partial charge in [-0.2, -0.15) is 0 Å². The first-order chi connectivity index (χ1) is 9.24. The van der Waals surface area contributed by atoms with E-state index in [1.54, 1.807) is 7.11 Å². The van der Waals surface area contributed by atoms with Crippen LogP contribution in [0.15, 0.2) is 22.7 Å². The Kier molecular flexibility index (Phi) is 5.71. The van der Waals surface area contributed by atoms with E-state index in [9.17, 15) is 0 Å². The minimum absolute atomic E-state index is 0.669. The molecule has 0 aliphatic heterocycles. The summed E-state index contributed by atoms with van der Waals surface area (Å²) in [5.74, 6) is 1.81. The van der Waals surface area contributed by atoms with Crippen LogP contribution in [0.1, 0.15) is 44.6 Å². The molecule has 1 N–H and O–H groups in total. The largest absolute Gasteiger partial charge is 0.496 e. The number of benzene rings is 1. The van der Waals surface area contributed by atoms with Crippen molar-refractivity contribution in [1.82, 2.24) is 5.32 Å². The maximum Gasteiger partial charge on any atom is 0.123 e. The maximum atomic E-state index is 5.43. The smallest absolute Gasteiger partial charge is 0.123 e. The summed E-state index contributed by atoms with van der Waals surface area (Å²) in [4.78, 5) is 0. The van der Waals surface area contributed by atoms with Gasteiger partial charge in [0.2, 0.25) is 0 Å². The Labute approximate surface area is 125 Å². The third kappa shape index (κ3) is 3.96. The maximum absolute atomic E-state index is 5.43. The van der Waals surface area contributed by atoms with Crippen LogP contribution in [0.25, 0.3) is 0 Å². The zero-order chi connectivity index (χ0) is 13.7. The molecule has 0 saturated heterocycles. The summed E-state index contributed by atoms with van der Waals surface area (Å²) in [7, 11) is 1.74. The van der Waals surface area contributed by atoms with Gasteiger partial charge in [-0.3, -0.25) is 0 Å². The normalized spacial score (nSPS) is 23.3. The van der Waals surface area contributed by atoms with Crippen LogP contribution in [-0.2, 0) is 6.54 Å². The van der Waals surface area contributed by atoms with Gasteiger partial charge in [0.15, 0.2) is 0 Å². The number of rotatable bonds is 5. The lowest BCUT2D eigenvalue weighted by Gasteiger charge is -2.32. The second-order valence-corrected chi connectivity index (χ2v) is 6.31. The van der Waals surface area contributed by atoms with Gasteiger partial charge < -0.3 is 10.1 Å². The molecule has 1 aromatic rings. The third-order valence-electron chi connectivity index (χ3n) is 4.23. The number of methoxy groups -OCH3 is 1. The lowest BCUT2D eigenvalue weighted by Crippen LogP contribution is -2.37. The summed E-state index contributed by atoms with van der Waals surface area (Å²) in [5.41, 5.74) is 1.23. The van der Waals surface area contributed by atoms with Gasteiger partial charge in [-0.15, -0.1) is 0 Å². The van der Waals surface area contributed by atoms with Crippen molar-refractivity contribution in [3.8, 4) is 5.75 Å². The van der Waals surface area contributed by atoms with Crippen LogP contribution < -0.4 is 10.1 Å². The summed E-state index contributed by atoms with van der Waals surface area (Å²) in [6, 6.07) is 6.87. The second-order valence-electron chi connectivity index (χ2n) is 5.40. The molecule has 1 fully saturated rings. The SMILES string of the molecule is CCC1CCCCC1NCc1cc(Br)ccc1OC. The van der Waals surface area contributed by atoms with E-state index in [0.717, 1.165) is 22.7 Å². The first kappa shape index (κ1) is 14.9. The van der Waals surface area contributed by atoms with Crippen molar-refractivity contribution in [2.45, 2.75) is 51.6 Å². The van der Waals surface area contributed by atoms with Gasteiger partial charge in [0.25, 0.3) is 0 Å². The van der Waals surface area contributed by atoms with Gasteiger partial charge in [0.05, 0.1) is 7.11 Å². The van der Waals surface area contributed by atoms with E-state index in [2.05, 4.69) is 34.2 Å². The highest BCUT2D eigenvalue weighted by molar-refractivity contribution is 9.10. The van der Waals surface area contributed by atoms with E-state index < -0.39 is 0 Å². The highest BCUT2D eigenvalue weighted by Crippen LogP contribution is 2.28. The molecule has 0 radical (unpaired) electrons. The number of ether oxygens (including phenoxy) is 1. The quantitative estimate of drug-likeness (QED) is 0.859. The molecule has 0 bridgehead atoms. The average Bonchev–Trinajstić information content (AvgIpc) is 2.45. The monoisotopic (exact) mass is 325 g/mol. The Balaban J connectivity index is 1.99. The third-order valence-corrected chi connectivity index (χ3v) is 4.72. The highest BCUT2D eigenvalue weighted by atomic mass is 79.9. The fourth-order valence-electron chi connectivity index (χ4n) is 3.09. The molecule has 2 atom stereocenters. The van der Waals surface area contributed by atoms with Gasteiger partial charge in [0.1, 0.15) is 5.75 Å². The van der Waals surface area contributed by atoms with Gasteiger partial charge in [-0.05, 0) is 37.0 Å². The van der Waals surface area contributed by atoms with E-state index in [0.29, 0.717) is 6.04 Å². The molecule has 2 unspecified atom stereocenters. The lowest BCUT2D eigenvalue weighted by atomic mass is 9.83. The summed E-state index contributed by atoms with van der Waals surface area (Å²) in [5, 5.41) is 3.74. The Morgan fingerprint density at radius 3 is 2.84 bits per heavy atom. The van der Waals surface area contributed by atoms with Crippen LogP contribution >= 0.6 is 15.9 Å². The van der Waals surface area contributed by atoms with Crippen molar-refractivity contribution >= 4 is 15.9 Å². The van der Waals surface area contributed by atoms with Crippen molar-refractivity contribution in [3.63, 3.8) is 0 Å². The fraction of sp³-hybridized carbons (Fsp3) is 0.625. The zero-order valence-electron chi connectivity index (χ0n) is 11.9. The molecule has 1 aliphatic rings. The number of halogens is 1. The van der Waals surface area contributed by atoms with Crippen LogP contribution in [0.5, 0.6) is 5.75 Å². The van der Waals surface area contributed by atoms with E-state index in [4.69, 9.17) is 4.74 Å². The van der Waals surface area contributed by atoms with Gasteiger partial charge in [0, 0.05) is 22.6 Å². The van der Waals surface area contributed by atoms with E-state index in [1.807, 2.05) is 12.1 Å². The molecule has 2 nitrogen and oxygen atoms in total. The van der Waals surface area contributed by atoms with Crippen molar-refractivity contribution in [1.29, 1.82) is 0 Å². The van der Waals surface area contributed by atoms with E-state index in [1.165, 1.54) is 37.7 Å². The second kappa shape index (κ2) is 7.30. The minimum Gasteiger partial charge on any atom is -0.496 e. The number of hydrogen-bond acceptors (Lipinski definition) is 2. The summed E-state index contributed by atoms with van der Waals surface area (Å²) in [6.07, 6.45) is 6.74. The molecule has 106 valence electrons. The Hall–Kier alpha value is -0.540. The number of hydrogen-bond donors (Lipinski definition) is 1. The topological polar surface area (TPSA) is 21.3 Å². The van der Waals surface area contributed by atoms with E-state index >= 15 is 0 Å². The first-order valence-corrected chi connectivity index (χ1v) is 8.09. The molecule has 19 heavy (non-hydrogen) atoms. The van der Waals surface area contributed by atoms with Crippen LogP contribution in [0.4, 0.5) is 0 Å². The van der Waals surface area contributed by atoms with Crippen molar-refractivity contribution in [3.05, 3.63) is 28.2 Å². The molecule has 1 saturated carbocycles. The lowest BCUT2D eigenvalue weighted by molar-refractivity contribution is 0.253. The molecule has 1 aliphatic carbocycles. The molecule has 2 rings (SSSR count). The van der Waals surface area contributed by atoms with Gasteiger partial charge >= 0.3 is 0 Å². The Morgan fingerprint density at radius 1 is 1.32 bits per heavy atom. The predicted octanol–water partition coefficient (Wildman–Crippen LogP) is 4.52.